The Morgan fingerprint density at radius 3 is 2.67 bits per heavy atom. The molecule has 21 heavy (non-hydrogen) atoms. The quantitative estimate of drug-likeness (QED) is 0.811. The normalized spacial score (nSPS) is 12.1. The van der Waals surface area contributed by atoms with Crippen molar-refractivity contribution in [2.24, 2.45) is 0 Å². The van der Waals surface area contributed by atoms with Crippen molar-refractivity contribution >= 4 is 15.9 Å². The van der Waals surface area contributed by atoms with Gasteiger partial charge in [0, 0.05) is 23.7 Å². The zero-order valence-corrected chi connectivity index (χ0v) is 13.9. The summed E-state index contributed by atoms with van der Waals surface area (Å²) in [7, 11) is 1.69. The van der Waals surface area contributed by atoms with Crippen LogP contribution in [0.25, 0.3) is 0 Å². The van der Waals surface area contributed by atoms with Crippen molar-refractivity contribution in [1.29, 1.82) is 0 Å². The molecule has 1 atom stereocenters. The Kier molecular flexibility index (Phi) is 5.65. The van der Waals surface area contributed by atoms with Crippen LogP contribution in [-0.4, -0.2) is 12.2 Å². The Bertz CT molecular complexity index is 601. The zero-order valence-electron chi connectivity index (χ0n) is 12.3. The minimum Gasteiger partial charge on any atom is -0.506 e. The lowest BCUT2D eigenvalue weighted by Gasteiger charge is -2.20. The maximum Gasteiger partial charge on any atom is 0.134 e. The lowest BCUT2D eigenvalue weighted by molar-refractivity contribution is 0.395. The Morgan fingerprint density at radius 2 is 1.95 bits per heavy atom. The summed E-state index contributed by atoms with van der Waals surface area (Å²) < 4.78 is 6.14. The largest absolute Gasteiger partial charge is 0.506 e. The van der Waals surface area contributed by atoms with Gasteiger partial charge in [-0.1, -0.05) is 37.3 Å². The number of ether oxygens (including phenoxy) is 1. The van der Waals surface area contributed by atoms with Crippen LogP contribution in [0.5, 0.6) is 11.5 Å². The highest BCUT2D eigenvalue weighted by Gasteiger charge is 2.14. The van der Waals surface area contributed by atoms with Gasteiger partial charge >= 0.3 is 0 Å². The van der Waals surface area contributed by atoms with E-state index in [1.165, 1.54) is 0 Å². The van der Waals surface area contributed by atoms with E-state index in [1.807, 2.05) is 36.4 Å². The van der Waals surface area contributed by atoms with Crippen molar-refractivity contribution in [3.8, 4) is 11.5 Å². The number of rotatable bonds is 6. The Labute approximate surface area is 134 Å². The molecule has 3 nitrogen and oxygen atoms in total. The average molecular weight is 350 g/mol. The third-order valence-electron chi connectivity index (χ3n) is 3.53. The monoisotopic (exact) mass is 349 g/mol. The lowest BCUT2D eigenvalue weighted by Crippen LogP contribution is -2.21. The van der Waals surface area contributed by atoms with Gasteiger partial charge in [0.1, 0.15) is 11.5 Å². The molecule has 0 saturated carbocycles. The molecule has 0 bridgehead atoms. The van der Waals surface area contributed by atoms with E-state index < -0.39 is 0 Å². The Hall–Kier alpha value is -1.52. The molecule has 2 rings (SSSR count). The number of para-hydroxylation sites is 2. The zero-order chi connectivity index (χ0) is 15.2. The van der Waals surface area contributed by atoms with Gasteiger partial charge in [0.05, 0.1) is 11.6 Å². The molecule has 0 aromatic heterocycles. The summed E-state index contributed by atoms with van der Waals surface area (Å²) >= 11 is 3.34. The minimum absolute atomic E-state index is 0.180. The van der Waals surface area contributed by atoms with Gasteiger partial charge in [-0.25, -0.2) is 0 Å². The van der Waals surface area contributed by atoms with Crippen LogP contribution in [0.4, 0.5) is 0 Å². The minimum atomic E-state index is 0.180. The molecular weight excluding hydrogens is 330 g/mol. The molecule has 0 aliphatic rings. The molecule has 0 aliphatic heterocycles. The van der Waals surface area contributed by atoms with Crippen LogP contribution in [0.1, 0.15) is 30.5 Å². The summed E-state index contributed by atoms with van der Waals surface area (Å²) in [5.74, 6) is 1.18. The topological polar surface area (TPSA) is 41.5 Å². The Morgan fingerprint density at radius 1 is 1.19 bits per heavy atom. The molecule has 2 aromatic carbocycles. The van der Waals surface area contributed by atoms with E-state index in [0.29, 0.717) is 16.8 Å². The fraction of sp³-hybridized carbons (Fsp3) is 0.294. The number of phenolic OH excluding ortho intramolecular Hbond substituents is 1. The summed E-state index contributed by atoms with van der Waals surface area (Å²) in [6.07, 6.45) is 0.940. The van der Waals surface area contributed by atoms with Gasteiger partial charge in [0.2, 0.25) is 0 Å². The number of methoxy groups -OCH3 is 1. The van der Waals surface area contributed by atoms with Crippen LogP contribution >= 0.6 is 15.9 Å². The second kappa shape index (κ2) is 7.48. The standard InChI is InChI=1S/C17H20BrNO2/c1-3-15(13-8-4-5-10-16(13)21-2)19-11-12-7-6-9-14(18)17(12)20/h4-10,15,19-20H,3,11H2,1-2H3. The molecule has 2 aromatic rings. The second-order valence-corrected chi connectivity index (χ2v) is 5.69. The van der Waals surface area contributed by atoms with Crippen LogP contribution in [0.2, 0.25) is 0 Å². The van der Waals surface area contributed by atoms with Gasteiger partial charge in [-0.05, 0) is 34.5 Å². The molecule has 2 N–H and O–H groups in total. The van der Waals surface area contributed by atoms with Crippen molar-refractivity contribution in [2.45, 2.75) is 25.9 Å². The van der Waals surface area contributed by atoms with Gasteiger partial charge in [0.15, 0.2) is 0 Å². The number of phenols is 1. The fourth-order valence-corrected chi connectivity index (χ4v) is 2.77. The first-order valence-corrected chi connectivity index (χ1v) is 7.79. The highest BCUT2D eigenvalue weighted by molar-refractivity contribution is 9.10. The van der Waals surface area contributed by atoms with Gasteiger partial charge in [-0.15, -0.1) is 0 Å². The van der Waals surface area contributed by atoms with Crippen molar-refractivity contribution < 1.29 is 9.84 Å². The number of nitrogens with one attached hydrogen (secondary N) is 1. The molecule has 0 aliphatic carbocycles. The Balaban J connectivity index is 2.14. The van der Waals surface area contributed by atoms with Gasteiger partial charge < -0.3 is 15.2 Å². The first-order valence-electron chi connectivity index (χ1n) is 7.00. The van der Waals surface area contributed by atoms with E-state index in [1.54, 1.807) is 7.11 Å². The summed E-state index contributed by atoms with van der Waals surface area (Å²) in [4.78, 5) is 0. The summed E-state index contributed by atoms with van der Waals surface area (Å²) in [5.41, 5.74) is 2.01. The van der Waals surface area contributed by atoms with Crippen molar-refractivity contribution in [3.05, 3.63) is 58.1 Å². The number of halogens is 1. The van der Waals surface area contributed by atoms with Crippen molar-refractivity contribution in [1.82, 2.24) is 5.32 Å². The summed E-state index contributed by atoms with van der Waals surface area (Å²) in [6.45, 7) is 2.73. The van der Waals surface area contributed by atoms with E-state index in [-0.39, 0.29) is 6.04 Å². The number of hydrogen-bond donors (Lipinski definition) is 2. The molecule has 0 radical (unpaired) electrons. The van der Waals surface area contributed by atoms with Crippen LogP contribution in [0.3, 0.4) is 0 Å². The first-order chi connectivity index (χ1) is 10.2. The molecule has 0 spiro atoms. The van der Waals surface area contributed by atoms with E-state index in [9.17, 15) is 5.11 Å². The summed E-state index contributed by atoms with van der Waals surface area (Å²) in [5, 5.41) is 13.5. The van der Waals surface area contributed by atoms with E-state index in [0.717, 1.165) is 23.3 Å². The van der Waals surface area contributed by atoms with Crippen molar-refractivity contribution in [2.75, 3.05) is 7.11 Å². The summed E-state index contributed by atoms with van der Waals surface area (Å²) in [6, 6.07) is 13.9. The van der Waals surface area contributed by atoms with Crippen LogP contribution in [-0.2, 0) is 6.54 Å². The maximum absolute atomic E-state index is 10.0. The highest BCUT2D eigenvalue weighted by Crippen LogP contribution is 2.30. The third kappa shape index (κ3) is 3.77. The SMILES string of the molecule is CCC(NCc1cccc(Br)c1O)c1ccccc1OC. The van der Waals surface area contributed by atoms with Gasteiger partial charge in [-0.2, -0.15) is 0 Å². The average Bonchev–Trinajstić information content (AvgIpc) is 2.52. The third-order valence-corrected chi connectivity index (χ3v) is 4.17. The van der Waals surface area contributed by atoms with E-state index in [4.69, 9.17) is 4.74 Å². The molecular formula is C17H20BrNO2. The number of aromatic hydroxyl groups is 1. The number of hydrogen-bond acceptors (Lipinski definition) is 3. The molecule has 4 heteroatoms. The fourth-order valence-electron chi connectivity index (χ4n) is 2.36. The second-order valence-electron chi connectivity index (χ2n) is 4.83. The van der Waals surface area contributed by atoms with E-state index in [2.05, 4.69) is 34.2 Å². The first kappa shape index (κ1) is 15.9. The predicted octanol–water partition coefficient (Wildman–Crippen LogP) is 4.40. The molecule has 0 heterocycles. The molecule has 0 amide bonds. The van der Waals surface area contributed by atoms with Gasteiger partial charge in [-0.3, -0.25) is 0 Å². The van der Waals surface area contributed by atoms with Crippen LogP contribution in [0.15, 0.2) is 46.9 Å². The molecule has 0 fully saturated rings. The lowest BCUT2D eigenvalue weighted by atomic mass is 10.0. The number of benzene rings is 2. The van der Waals surface area contributed by atoms with E-state index >= 15 is 0 Å². The predicted molar refractivity (Wildman–Crippen MR) is 88.7 cm³/mol. The van der Waals surface area contributed by atoms with Crippen LogP contribution < -0.4 is 10.1 Å². The molecule has 112 valence electrons. The van der Waals surface area contributed by atoms with Crippen molar-refractivity contribution in [3.63, 3.8) is 0 Å². The highest BCUT2D eigenvalue weighted by atomic mass is 79.9. The smallest absolute Gasteiger partial charge is 0.134 e. The molecule has 0 saturated heterocycles. The molecule has 1 unspecified atom stereocenters. The van der Waals surface area contributed by atoms with Gasteiger partial charge in [0.25, 0.3) is 0 Å². The van der Waals surface area contributed by atoms with Crippen LogP contribution in [0, 0.1) is 0 Å². The maximum atomic E-state index is 10.0.